The van der Waals surface area contributed by atoms with Gasteiger partial charge in [0.2, 0.25) is 0 Å². The molecule has 144 valence electrons. The second-order valence-electron chi connectivity index (χ2n) is 6.59. The summed E-state index contributed by atoms with van der Waals surface area (Å²) >= 11 is 2.76. The molecule has 0 amide bonds. The van der Waals surface area contributed by atoms with Crippen molar-refractivity contribution in [2.45, 2.75) is 51.2 Å². The summed E-state index contributed by atoms with van der Waals surface area (Å²) in [6, 6.07) is 0. The Hall–Kier alpha value is -1.93. The summed E-state index contributed by atoms with van der Waals surface area (Å²) in [5, 5.41) is 1.21. The van der Waals surface area contributed by atoms with Crippen LogP contribution in [0.4, 0.5) is 0 Å². The Bertz CT molecular complexity index is 974. The Morgan fingerprint density at radius 1 is 1.37 bits per heavy atom. The minimum absolute atomic E-state index is 0.0669. The number of rotatable bonds is 8. The predicted molar refractivity (Wildman–Crippen MR) is 108 cm³/mol. The number of carbonyl (C=O) groups is 2. The van der Waals surface area contributed by atoms with Gasteiger partial charge in [0.25, 0.3) is 5.56 Å². The van der Waals surface area contributed by atoms with E-state index in [0.29, 0.717) is 11.7 Å². The maximum Gasteiger partial charge on any atom is 0.313 e. The first-order valence-corrected chi connectivity index (χ1v) is 10.7. The van der Waals surface area contributed by atoms with Gasteiger partial charge in [-0.15, -0.1) is 11.3 Å². The predicted octanol–water partition coefficient (Wildman–Crippen LogP) is 3.14. The average molecular weight is 407 g/mol. The minimum atomic E-state index is -0.527. The highest BCUT2D eigenvalue weighted by Gasteiger charge is 2.23. The number of carbonyl (C=O) groups excluding carboxylic acids is 2. The quantitative estimate of drug-likeness (QED) is 0.220. The lowest BCUT2D eigenvalue weighted by Crippen LogP contribution is -2.24. The average Bonchev–Trinajstić information content (AvgIpc) is 3.16. The van der Waals surface area contributed by atoms with E-state index >= 15 is 0 Å². The van der Waals surface area contributed by atoms with Crippen molar-refractivity contribution >= 4 is 45.1 Å². The molecule has 0 atom stereocenters. The van der Waals surface area contributed by atoms with E-state index in [1.165, 1.54) is 16.6 Å². The van der Waals surface area contributed by atoms with E-state index in [2.05, 4.69) is 11.6 Å². The molecule has 6 nitrogen and oxygen atoms in total. The molecule has 0 saturated heterocycles. The zero-order valence-electron chi connectivity index (χ0n) is 15.5. The normalized spacial score (nSPS) is 13.0. The molecule has 0 aliphatic heterocycles. The molecule has 0 radical (unpaired) electrons. The van der Waals surface area contributed by atoms with Crippen LogP contribution in [0.2, 0.25) is 0 Å². The molecule has 2 aromatic heterocycles. The molecule has 1 aliphatic carbocycles. The molecule has 2 aromatic rings. The number of thiophene rings is 1. The van der Waals surface area contributed by atoms with Gasteiger partial charge in [0.05, 0.1) is 17.7 Å². The summed E-state index contributed by atoms with van der Waals surface area (Å²) in [6.45, 7) is 8.07. The van der Waals surface area contributed by atoms with Crippen LogP contribution in [0.15, 0.2) is 22.1 Å². The Morgan fingerprint density at radius 3 is 2.85 bits per heavy atom. The number of allylic oxidation sites excluding steroid dienone is 1. The Morgan fingerprint density at radius 2 is 2.15 bits per heavy atom. The van der Waals surface area contributed by atoms with Crippen molar-refractivity contribution in [3.8, 4) is 0 Å². The van der Waals surface area contributed by atoms with Gasteiger partial charge in [-0.1, -0.05) is 23.9 Å². The highest BCUT2D eigenvalue weighted by Crippen LogP contribution is 2.35. The van der Waals surface area contributed by atoms with Gasteiger partial charge in [-0.2, -0.15) is 0 Å². The van der Waals surface area contributed by atoms with E-state index in [-0.39, 0.29) is 30.1 Å². The van der Waals surface area contributed by atoms with Crippen molar-refractivity contribution in [2.24, 2.45) is 0 Å². The van der Waals surface area contributed by atoms with E-state index in [4.69, 9.17) is 4.74 Å². The zero-order chi connectivity index (χ0) is 19.6. The Balaban J connectivity index is 1.89. The fourth-order valence-corrected chi connectivity index (χ4v) is 5.31. The number of Topliss-reactive ketones (excluding diaryl/α,β-unsaturated/α-hetero) is 1. The van der Waals surface area contributed by atoms with Crippen LogP contribution in [0.3, 0.4) is 0 Å². The van der Waals surface area contributed by atoms with Crippen LogP contribution < -0.4 is 5.56 Å². The van der Waals surface area contributed by atoms with Crippen LogP contribution >= 0.6 is 23.1 Å². The Labute approximate surface area is 165 Å². The maximum atomic E-state index is 13.1. The standard InChI is InChI=1S/C19H22N2O4S2/c1-4-25-15(23)8-12(22)10-26-19-20-17-16(13-6-5-7-14(13)27-17)18(24)21(19)9-11(2)3/h2,4-10H2,1,3H3. The molecule has 0 bridgehead atoms. The number of aryl methyl sites for hydroxylation is 2. The first-order valence-electron chi connectivity index (χ1n) is 8.90. The van der Waals surface area contributed by atoms with Gasteiger partial charge in [-0.25, -0.2) is 4.98 Å². The molecule has 8 heteroatoms. The van der Waals surface area contributed by atoms with E-state index < -0.39 is 5.97 Å². The highest BCUT2D eigenvalue weighted by atomic mass is 32.2. The fourth-order valence-electron chi connectivity index (χ4n) is 3.15. The topological polar surface area (TPSA) is 78.3 Å². The third-order valence-corrected chi connectivity index (χ3v) is 6.45. The first-order chi connectivity index (χ1) is 12.9. The lowest BCUT2D eigenvalue weighted by Gasteiger charge is -2.12. The largest absolute Gasteiger partial charge is 0.466 e. The van der Waals surface area contributed by atoms with Gasteiger partial charge in [0, 0.05) is 11.4 Å². The van der Waals surface area contributed by atoms with Crippen molar-refractivity contribution in [1.82, 2.24) is 9.55 Å². The molecule has 0 saturated carbocycles. The summed E-state index contributed by atoms with van der Waals surface area (Å²) in [5.74, 6) is -0.707. The number of ether oxygens (including phenoxy) is 1. The van der Waals surface area contributed by atoms with E-state index in [1.807, 2.05) is 6.92 Å². The molecule has 0 fully saturated rings. The maximum absolute atomic E-state index is 13.1. The number of nitrogens with zero attached hydrogens (tertiary/aromatic N) is 2. The van der Waals surface area contributed by atoms with Crippen LogP contribution in [-0.2, 0) is 33.7 Å². The number of fused-ring (bicyclic) bond motifs is 3. The van der Waals surface area contributed by atoms with E-state index in [1.54, 1.807) is 22.8 Å². The summed E-state index contributed by atoms with van der Waals surface area (Å²) in [7, 11) is 0. The number of esters is 1. The van der Waals surface area contributed by atoms with Gasteiger partial charge < -0.3 is 4.74 Å². The summed E-state index contributed by atoms with van der Waals surface area (Å²) in [4.78, 5) is 43.3. The van der Waals surface area contributed by atoms with E-state index in [0.717, 1.165) is 40.6 Å². The molecular formula is C19H22N2O4S2. The summed E-state index contributed by atoms with van der Waals surface area (Å²) in [5.41, 5.74) is 1.91. The zero-order valence-corrected chi connectivity index (χ0v) is 17.1. The first kappa shape index (κ1) is 19.8. The fraction of sp³-hybridized carbons (Fsp3) is 0.474. The number of ketones is 1. The van der Waals surface area contributed by atoms with Crippen molar-refractivity contribution in [1.29, 1.82) is 0 Å². The second kappa shape index (κ2) is 8.39. The number of aromatic nitrogens is 2. The third kappa shape index (κ3) is 4.32. The van der Waals surface area contributed by atoms with Gasteiger partial charge in [0.15, 0.2) is 10.9 Å². The van der Waals surface area contributed by atoms with Crippen LogP contribution in [0.25, 0.3) is 10.2 Å². The molecule has 1 aliphatic rings. The van der Waals surface area contributed by atoms with E-state index in [9.17, 15) is 14.4 Å². The van der Waals surface area contributed by atoms with Gasteiger partial charge in [0.1, 0.15) is 11.3 Å². The Kier molecular flexibility index (Phi) is 6.16. The monoisotopic (exact) mass is 406 g/mol. The van der Waals surface area contributed by atoms with Gasteiger partial charge in [-0.3, -0.25) is 19.0 Å². The molecular weight excluding hydrogens is 384 g/mol. The van der Waals surface area contributed by atoms with Crippen LogP contribution in [0, 0.1) is 0 Å². The SMILES string of the molecule is C=C(C)Cn1c(SCC(=O)CC(=O)OCC)nc2sc3c(c2c1=O)CCC3. The van der Waals surface area contributed by atoms with Crippen LogP contribution in [0.1, 0.15) is 37.1 Å². The smallest absolute Gasteiger partial charge is 0.313 e. The second-order valence-corrected chi connectivity index (χ2v) is 8.62. The van der Waals surface area contributed by atoms with Gasteiger partial charge in [-0.05, 0) is 38.7 Å². The molecule has 2 heterocycles. The summed E-state index contributed by atoms with van der Waals surface area (Å²) in [6.07, 6.45) is 2.73. The van der Waals surface area contributed by atoms with Crippen molar-refractivity contribution in [3.05, 3.63) is 32.9 Å². The molecule has 27 heavy (non-hydrogen) atoms. The third-order valence-electron chi connectivity index (χ3n) is 4.23. The van der Waals surface area contributed by atoms with Crippen LogP contribution in [-0.4, -0.2) is 33.7 Å². The number of hydrogen-bond donors (Lipinski definition) is 0. The van der Waals surface area contributed by atoms with Gasteiger partial charge >= 0.3 is 5.97 Å². The molecule has 3 rings (SSSR count). The number of thioether (sulfide) groups is 1. The van der Waals surface area contributed by atoms with Crippen molar-refractivity contribution in [3.63, 3.8) is 0 Å². The molecule has 0 aromatic carbocycles. The molecule has 0 unspecified atom stereocenters. The minimum Gasteiger partial charge on any atom is -0.466 e. The highest BCUT2D eigenvalue weighted by molar-refractivity contribution is 7.99. The van der Waals surface area contributed by atoms with Crippen LogP contribution in [0.5, 0.6) is 0 Å². The number of hydrogen-bond acceptors (Lipinski definition) is 7. The molecule has 0 N–H and O–H groups in total. The molecule has 0 spiro atoms. The summed E-state index contributed by atoms with van der Waals surface area (Å²) < 4.78 is 6.40. The van der Waals surface area contributed by atoms with Crippen molar-refractivity contribution in [2.75, 3.05) is 12.4 Å². The lowest BCUT2D eigenvalue weighted by molar-refractivity contribution is -0.145. The van der Waals surface area contributed by atoms with Crippen molar-refractivity contribution < 1.29 is 14.3 Å². The lowest BCUT2D eigenvalue weighted by atomic mass is 10.2.